The van der Waals surface area contributed by atoms with Crippen molar-refractivity contribution in [3.05, 3.63) is 65.5 Å². The smallest absolute Gasteiger partial charge is 0.408 e. The highest BCUT2D eigenvalue weighted by Gasteiger charge is 2.34. The molecule has 0 bridgehead atoms. The van der Waals surface area contributed by atoms with Gasteiger partial charge in [-0.05, 0) is 61.6 Å². The lowest BCUT2D eigenvalue weighted by Crippen LogP contribution is -2.54. The van der Waals surface area contributed by atoms with Crippen LogP contribution in [0.1, 0.15) is 52.7 Å². The molecular formula is C25H33FN2O4. The van der Waals surface area contributed by atoms with E-state index < -0.39 is 23.2 Å². The first-order valence-corrected chi connectivity index (χ1v) is 10.6. The molecule has 2 amide bonds. The van der Waals surface area contributed by atoms with E-state index in [-0.39, 0.29) is 18.3 Å². The lowest BCUT2D eigenvalue weighted by atomic mass is 9.86. The molecule has 7 heteroatoms. The summed E-state index contributed by atoms with van der Waals surface area (Å²) in [7, 11) is 0. The Morgan fingerprint density at radius 3 is 2.19 bits per heavy atom. The first-order chi connectivity index (χ1) is 14.8. The summed E-state index contributed by atoms with van der Waals surface area (Å²) in [5, 5.41) is 5.54. The van der Waals surface area contributed by atoms with Crippen LogP contribution in [-0.2, 0) is 22.7 Å². The molecule has 2 aromatic rings. The Bertz CT molecular complexity index is 915. The van der Waals surface area contributed by atoms with E-state index in [1.54, 1.807) is 45.0 Å². The van der Waals surface area contributed by atoms with Crippen LogP contribution < -0.4 is 15.4 Å². The number of alkyl carbamates (subject to hydrolysis) is 1. The number of carbonyl (C=O) groups is 2. The van der Waals surface area contributed by atoms with Crippen LogP contribution in [0.4, 0.5) is 9.18 Å². The second kappa shape index (κ2) is 10.5. The predicted octanol–water partition coefficient (Wildman–Crippen LogP) is 4.96. The summed E-state index contributed by atoms with van der Waals surface area (Å²) in [5.74, 6) is 0.0465. The van der Waals surface area contributed by atoms with E-state index in [2.05, 4.69) is 10.6 Å². The van der Waals surface area contributed by atoms with Crippen LogP contribution in [0.3, 0.4) is 0 Å². The Morgan fingerprint density at radius 1 is 0.969 bits per heavy atom. The molecular weight excluding hydrogens is 411 g/mol. The average Bonchev–Trinajstić information content (AvgIpc) is 2.67. The molecule has 0 heterocycles. The number of rotatable bonds is 7. The van der Waals surface area contributed by atoms with Crippen LogP contribution in [0.2, 0.25) is 0 Å². The highest BCUT2D eigenvalue weighted by molar-refractivity contribution is 5.86. The third kappa shape index (κ3) is 8.57. The summed E-state index contributed by atoms with van der Waals surface area (Å²) < 4.78 is 24.2. The van der Waals surface area contributed by atoms with E-state index in [0.717, 1.165) is 11.1 Å². The van der Waals surface area contributed by atoms with Gasteiger partial charge in [0.25, 0.3) is 0 Å². The summed E-state index contributed by atoms with van der Waals surface area (Å²) in [5.41, 5.74) is 0.463. The molecule has 6 nitrogen and oxygen atoms in total. The predicted molar refractivity (Wildman–Crippen MR) is 122 cm³/mol. The number of ether oxygens (including phenoxy) is 2. The molecule has 1 atom stereocenters. The van der Waals surface area contributed by atoms with Gasteiger partial charge in [0.1, 0.15) is 29.8 Å². The fourth-order valence-corrected chi connectivity index (χ4v) is 2.89. The Balaban J connectivity index is 1.91. The number of halogens is 1. The third-order valence-electron chi connectivity index (χ3n) is 4.47. The third-order valence-corrected chi connectivity index (χ3v) is 4.47. The van der Waals surface area contributed by atoms with Gasteiger partial charge >= 0.3 is 6.09 Å². The van der Waals surface area contributed by atoms with Crippen molar-refractivity contribution in [3.8, 4) is 5.75 Å². The molecule has 0 aliphatic carbocycles. The quantitative estimate of drug-likeness (QED) is 0.633. The van der Waals surface area contributed by atoms with Gasteiger partial charge in [-0.1, -0.05) is 45.0 Å². The highest BCUT2D eigenvalue weighted by Crippen LogP contribution is 2.21. The van der Waals surface area contributed by atoms with E-state index >= 15 is 0 Å². The van der Waals surface area contributed by atoms with E-state index in [9.17, 15) is 14.0 Å². The molecule has 0 fully saturated rings. The van der Waals surface area contributed by atoms with E-state index in [1.807, 2.05) is 32.9 Å². The van der Waals surface area contributed by atoms with Crippen molar-refractivity contribution in [2.75, 3.05) is 0 Å². The van der Waals surface area contributed by atoms with Crippen molar-refractivity contribution < 1.29 is 23.5 Å². The van der Waals surface area contributed by atoms with Crippen molar-refractivity contribution in [3.63, 3.8) is 0 Å². The van der Waals surface area contributed by atoms with Gasteiger partial charge in [0.2, 0.25) is 5.91 Å². The number of nitrogens with one attached hydrogen (secondary N) is 2. The van der Waals surface area contributed by atoms with Crippen LogP contribution in [0.5, 0.6) is 5.75 Å². The monoisotopic (exact) mass is 444 g/mol. The minimum atomic E-state index is -0.758. The Labute approximate surface area is 189 Å². The number of hydrogen-bond acceptors (Lipinski definition) is 4. The number of hydrogen-bond donors (Lipinski definition) is 2. The minimum Gasteiger partial charge on any atom is -0.489 e. The van der Waals surface area contributed by atoms with Crippen LogP contribution in [0, 0.1) is 11.2 Å². The van der Waals surface area contributed by atoms with Crippen LogP contribution in [-0.4, -0.2) is 23.6 Å². The van der Waals surface area contributed by atoms with Crippen LogP contribution >= 0.6 is 0 Å². The summed E-state index contributed by atoms with van der Waals surface area (Å²) in [6, 6.07) is 12.8. The molecule has 2 aromatic carbocycles. The first-order valence-electron chi connectivity index (χ1n) is 10.6. The maximum atomic E-state index is 13.2. The maximum absolute atomic E-state index is 13.2. The van der Waals surface area contributed by atoms with E-state index in [4.69, 9.17) is 9.47 Å². The second-order valence-corrected chi connectivity index (χ2v) is 9.73. The molecule has 0 spiro atoms. The van der Waals surface area contributed by atoms with Crippen molar-refractivity contribution in [1.82, 2.24) is 10.6 Å². The van der Waals surface area contributed by atoms with E-state index in [0.29, 0.717) is 12.3 Å². The topological polar surface area (TPSA) is 76.7 Å². The van der Waals surface area contributed by atoms with Gasteiger partial charge in [-0.25, -0.2) is 9.18 Å². The van der Waals surface area contributed by atoms with Gasteiger partial charge in [-0.3, -0.25) is 4.79 Å². The molecule has 32 heavy (non-hydrogen) atoms. The van der Waals surface area contributed by atoms with Gasteiger partial charge < -0.3 is 20.1 Å². The molecule has 0 radical (unpaired) electrons. The zero-order valence-corrected chi connectivity index (χ0v) is 19.6. The summed E-state index contributed by atoms with van der Waals surface area (Å²) in [4.78, 5) is 24.9. The molecule has 0 aliphatic heterocycles. The fraction of sp³-hybridized carbons (Fsp3) is 0.440. The fourth-order valence-electron chi connectivity index (χ4n) is 2.89. The van der Waals surface area contributed by atoms with Crippen LogP contribution in [0.15, 0.2) is 48.5 Å². The van der Waals surface area contributed by atoms with Crippen LogP contribution in [0.25, 0.3) is 0 Å². The molecule has 0 saturated heterocycles. The standard InChI is InChI=1S/C25H33FN2O4/c1-24(2,3)21(28-23(30)32-25(4,5)6)22(29)27-15-17-10-12-20(13-11-17)31-16-18-8-7-9-19(26)14-18/h7-14,21H,15-16H2,1-6H3,(H,27,29)(H,28,30). The summed E-state index contributed by atoms with van der Waals surface area (Å²) >= 11 is 0. The Morgan fingerprint density at radius 2 is 1.62 bits per heavy atom. The zero-order valence-electron chi connectivity index (χ0n) is 19.6. The normalized spacial score (nSPS) is 12.6. The van der Waals surface area contributed by atoms with E-state index in [1.165, 1.54) is 12.1 Å². The maximum Gasteiger partial charge on any atom is 0.408 e. The SMILES string of the molecule is CC(C)(C)OC(=O)NC(C(=O)NCc1ccc(OCc2cccc(F)c2)cc1)C(C)(C)C. The van der Waals surface area contributed by atoms with Gasteiger partial charge in [0.15, 0.2) is 0 Å². The number of benzene rings is 2. The summed E-state index contributed by atoms with van der Waals surface area (Å²) in [6.07, 6.45) is -0.632. The zero-order chi connectivity index (χ0) is 23.9. The summed E-state index contributed by atoms with van der Waals surface area (Å²) in [6.45, 7) is 11.5. The lowest BCUT2D eigenvalue weighted by molar-refractivity contribution is -0.125. The molecule has 0 aromatic heterocycles. The molecule has 1 unspecified atom stereocenters. The number of carbonyl (C=O) groups excluding carboxylic acids is 2. The van der Waals surface area contributed by atoms with Gasteiger partial charge in [-0.2, -0.15) is 0 Å². The molecule has 0 aliphatic rings. The molecule has 2 rings (SSSR count). The van der Waals surface area contributed by atoms with Gasteiger partial charge in [0, 0.05) is 6.54 Å². The van der Waals surface area contributed by atoms with Crippen molar-refractivity contribution in [2.24, 2.45) is 5.41 Å². The average molecular weight is 445 g/mol. The molecule has 174 valence electrons. The number of amides is 2. The Hall–Kier alpha value is -3.09. The lowest BCUT2D eigenvalue weighted by Gasteiger charge is -2.31. The van der Waals surface area contributed by atoms with Crippen molar-refractivity contribution in [1.29, 1.82) is 0 Å². The Kier molecular flexibility index (Phi) is 8.25. The van der Waals surface area contributed by atoms with Gasteiger partial charge in [0.05, 0.1) is 0 Å². The minimum absolute atomic E-state index is 0.261. The first kappa shape index (κ1) is 25.2. The molecule has 0 saturated carbocycles. The van der Waals surface area contributed by atoms with Crippen molar-refractivity contribution in [2.45, 2.75) is 66.3 Å². The van der Waals surface area contributed by atoms with Gasteiger partial charge in [-0.15, -0.1) is 0 Å². The molecule has 2 N–H and O–H groups in total. The second-order valence-electron chi connectivity index (χ2n) is 9.73. The van der Waals surface area contributed by atoms with Crippen molar-refractivity contribution >= 4 is 12.0 Å². The highest BCUT2D eigenvalue weighted by atomic mass is 19.1. The largest absolute Gasteiger partial charge is 0.489 e.